The van der Waals surface area contributed by atoms with Crippen molar-refractivity contribution in [2.24, 2.45) is 17.8 Å². The summed E-state index contributed by atoms with van der Waals surface area (Å²) in [4.78, 5) is 37.4. The van der Waals surface area contributed by atoms with Crippen molar-refractivity contribution < 1.29 is 18.8 Å². The molecule has 0 spiro atoms. The van der Waals surface area contributed by atoms with Gasteiger partial charge >= 0.3 is 0 Å². The van der Waals surface area contributed by atoms with Crippen LogP contribution in [0.25, 0.3) is 0 Å². The normalized spacial score (nSPS) is 10.0. The van der Waals surface area contributed by atoms with Crippen molar-refractivity contribution in [3.05, 3.63) is 84.9 Å². The predicted octanol–water partition coefficient (Wildman–Crippen LogP) is 6.38. The second-order valence-corrected chi connectivity index (χ2v) is 9.04. The number of nitrogens with one attached hydrogen (secondary N) is 3. The maximum Gasteiger partial charge on any atom is 0.226 e. The zero-order chi connectivity index (χ0) is 27.8. The highest BCUT2D eigenvalue weighted by Gasteiger charge is 2.07. The van der Waals surface area contributed by atoms with Gasteiger partial charge in [-0.15, -0.1) is 0 Å². The monoisotopic (exact) mass is 508 g/mol. The summed E-state index contributed by atoms with van der Waals surface area (Å²) in [6.45, 7) is 11.1. The lowest BCUT2D eigenvalue weighted by atomic mass is 10.2. The van der Waals surface area contributed by atoms with Gasteiger partial charge in [0.05, 0.1) is 0 Å². The molecule has 0 aliphatic carbocycles. The lowest BCUT2D eigenvalue weighted by molar-refractivity contribution is -0.119. The van der Waals surface area contributed by atoms with Gasteiger partial charge in [-0.3, -0.25) is 19.4 Å². The van der Waals surface area contributed by atoms with Gasteiger partial charge in [-0.25, -0.2) is 4.39 Å². The first kappa shape index (κ1) is 31.0. The van der Waals surface area contributed by atoms with Crippen LogP contribution < -0.4 is 16.0 Å². The fraction of sp³-hybridized carbons (Fsp3) is 0.310. The zero-order valence-electron chi connectivity index (χ0n) is 22.3. The molecule has 0 aliphatic heterocycles. The Morgan fingerprint density at radius 2 is 0.919 bits per heavy atom. The minimum atomic E-state index is -0.303. The van der Waals surface area contributed by atoms with Gasteiger partial charge in [-0.2, -0.15) is 0 Å². The Morgan fingerprint density at radius 1 is 0.568 bits per heavy atom. The zero-order valence-corrected chi connectivity index (χ0v) is 22.3. The standard InChI is InChI=1S/C10H12FNO.C10H13NO.C9H12N2O/c1-7(2)10(13)12-9-5-3-8(11)4-6-9;1-8(2)10(12)11-9-6-4-3-5-7-9;1-7(2)9(12)11-8-3-5-10-6-4-8/h3-7H,1-2H3,(H,12,13);3-8H,1-2H3,(H,11,12);3-7H,1-2H3,(H,10,11,12). The van der Waals surface area contributed by atoms with E-state index in [0.717, 1.165) is 11.4 Å². The molecule has 198 valence electrons. The SMILES string of the molecule is CC(C)C(=O)Nc1ccc(F)cc1.CC(C)C(=O)Nc1ccccc1.CC(C)C(=O)Nc1ccncc1. The molecular formula is C29H37FN4O3. The Kier molecular flexibility index (Phi) is 13.9. The van der Waals surface area contributed by atoms with E-state index in [1.54, 1.807) is 38.4 Å². The van der Waals surface area contributed by atoms with Crippen LogP contribution in [0.4, 0.5) is 21.5 Å². The molecule has 0 radical (unpaired) electrons. The van der Waals surface area contributed by atoms with Crippen LogP contribution in [0, 0.1) is 23.6 Å². The maximum atomic E-state index is 12.5. The second-order valence-electron chi connectivity index (χ2n) is 9.04. The van der Waals surface area contributed by atoms with Gasteiger partial charge in [0.2, 0.25) is 17.7 Å². The molecule has 0 saturated heterocycles. The number of anilines is 3. The third kappa shape index (κ3) is 13.6. The minimum absolute atomic E-state index is 0.0122. The van der Waals surface area contributed by atoms with E-state index in [1.807, 2.05) is 58.0 Å². The van der Waals surface area contributed by atoms with Crippen molar-refractivity contribution in [3.8, 4) is 0 Å². The molecular weight excluding hydrogens is 471 g/mol. The van der Waals surface area contributed by atoms with Gasteiger partial charge in [-0.1, -0.05) is 59.7 Å². The van der Waals surface area contributed by atoms with Gasteiger partial charge < -0.3 is 16.0 Å². The number of benzene rings is 2. The second kappa shape index (κ2) is 16.6. The van der Waals surface area contributed by atoms with E-state index in [0.29, 0.717) is 5.69 Å². The quantitative estimate of drug-likeness (QED) is 0.360. The summed E-state index contributed by atoms with van der Waals surface area (Å²) < 4.78 is 12.5. The van der Waals surface area contributed by atoms with Crippen LogP contribution >= 0.6 is 0 Å². The molecule has 3 aromatic rings. The van der Waals surface area contributed by atoms with Crippen molar-refractivity contribution in [2.75, 3.05) is 16.0 Å². The highest BCUT2D eigenvalue weighted by Crippen LogP contribution is 2.10. The van der Waals surface area contributed by atoms with Gasteiger partial charge in [0, 0.05) is 47.2 Å². The number of nitrogens with zero attached hydrogens (tertiary/aromatic N) is 1. The summed E-state index contributed by atoms with van der Waals surface area (Å²) in [7, 11) is 0. The van der Waals surface area contributed by atoms with Crippen molar-refractivity contribution in [2.45, 2.75) is 41.5 Å². The molecule has 3 amide bonds. The number of rotatable bonds is 6. The number of carbonyl (C=O) groups is 3. The molecule has 0 saturated carbocycles. The molecule has 0 fully saturated rings. The van der Waals surface area contributed by atoms with Crippen molar-refractivity contribution in [1.29, 1.82) is 0 Å². The number of hydrogen-bond donors (Lipinski definition) is 3. The van der Waals surface area contributed by atoms with Gasteiger partial charge in [0.25, 0.3) is 0 Å². The number of carbonyl (C=O) groups excluding carboxylic acids is 3. The number of hydrogen-bond acceptors (Lipinski definition) is 4. The molecule has 8 heteroatoms. The molecule has 37 heavy (non-hydrogen) atoms. The minimum Gasteiger partial charge on any atom is -0.326 e. The van der Waals surface area contributed by atoms with E-state index >= 15 is 0 Å². The van der Waals surface area contributed by atoms with E-state index in [9.17, 15) is 18.8 Å². The molecule has 0 bridgehead atoms. The predicted molar refractivity (Wildman–Crippen MR) is 147 cm³/mol. The topological polar surface area (TPSA) is 100 Å². The summed E-state index contributed by atoms with van der Waals surface area (Å²) in [6.07, 6.45) is 3.30. The maximum absolute atomic E-state index is 12.5. The summed E-state index contributed by atoms with van der Waals surface area (Å²) in [5.41, 5.74) is 2.28. The molecule has 3 rings (SSSR count). The average molecular weight is 509 g/mol. The fourth-order valence-corrected chi connectivity index (χ4v) is 2.35. The first-order chi connectivity index (χ1) is 17.5. The van der Waals surface area contributed by atoms with Crippen LogP contribution in [0.5, 0.6) is 0 Å². The van der Waals surface area contributed by atoms with E-state index in [-0.39, 0.29) is 41.3 Å². The summed E-state index contributed by atoms with van der Waals surface area (Å²) in [5, 5.41) is 8.23. The number of pyridine rings is 1. The number of aromatic nitrogens is 1. The third-order valence-electron chi connectivity index (χ3n) is 4.67. The molecule has 2 aromatic carbocycles. The van der Waals surface area contributed by atoms with E-state index < -0.39 is 0 Å². The van der Waals surface area contributed by atoms with Crippen molar-refractivity contribution in [1.82, 2.24) is 4.98 Å². The lowest BCUT2D eigenvalue weighted by Gasteiger charge is -2.06. The van der Waals surface area contributed by atoms with Crippen LogP contribution in [0.2, 0.25) is 0 Å². The van der Waals surface area contributed by atoms with Crippen LogP contribution in [0.3, 0.4) is 0 Å². The van der Waals surface area contributed by atoms with Crippen molar-refractivity contribution >= 4 is 34.8 Å². The molecule has 1 aromatic heterocycles. The fourth-order valence-electron chi connectivity index (χ4n) is 2.35. The molecule has 0 unspecified atom stereocenters. The first-order valence-electron chi connectivity index (χ1n) is 12.1. The van der Waals surface area contributed by atoms with E-state index in [2.05, 4.69) is 20.9 Å². The summed E-state index contributed by atoms with van der Waals surface area (Å²) in [5.74, 6) is -0.301. The number of amides is 3. The van der Waals surface area contributed by atoms with E-state index in [4.69, 9.17) is 0 Å². The molecule has 0 aliphatic rings. The lowest BCUT2D eigenvalue weighted by Crippen LogP contribution is -2.17. The Labute approximate surface area is 218 Å². The Balaban J connectivity index is 0.000000278. The van der Waals surface area contributed by atoms with Crippen LogP contribution in [-0.4, -0.2) is 22.7 Å². The smallest absolute Gasteiger partial charge is 0.226 e. The Hall–Kier alpha value is -4.07. The Morgan fingerprint density at radius 3 is 1.30 bits per heavy atom. The first-order valence-corrected chi connectivity index (χ1v) is 12.1. The van der Waals surface area contributed by atoms with Crippen LogP contribution in [-0.2, 0) is 14.4 Å². The highest BCUT2D eigenvalue weighted by atomic mass is 19.1. The van der Waals surface area contributed by atoms with Gasteiger partial charge in [0.15, 0.2) is 0 Å². The molecule has 0 atom stereocenters. The molecule has 7 nitrogen and oxygen atoms in total. The average Bonchev–Trinajstić information content (AvgIpc) is 2.87. The van der Waals surface area contributed by atoms with Crippen LogP contribution in [0.1, 0.15) is 41.5 Å². The number of halogens is 1. The molecule has 1 heterocycles. The number of para-hydroxylation sites is 1. The van der Waals surface area contributed by atoms with Crippen LogP contribution in [0.15, 0.2) is 79.1 Å². The molecule has 3 N–H and O–H groups in total. The summed E-state index contributed by atoms with van der Waals surface area (Å²) in [6, 6.07) is 18.7. The van der Waals surface area contributed by atoms with Crippen molar-refractivity contribution in [3.63, 3.8) is 0 Å². The largest absolute Gasteiger partial charge is 0.326 e. The summed E-state index contributed by atoms with van der Waals surface area (Å²) >= 11 is 0. The van der Waals surface area contributed by atoms with Gasteiger partial charge in [-0.05, 0) is 48.5 Å². The third-order valence-corrected chi connectivity index (χ3v) is 4.67. The van der Waals surface area contributed by atoms with Gasteiger partial charge in [0.1, 0.15) is 5.82 Å². The highest BCUT2D eigenvalue weighted by molar-refractivity contribution is 5.93. The van der Waals surface area contributed by atoms with E-state index in [1.165, 1.54) is 24.3 Å². The Bertz CT molecular complexity index is 1030.